The Morgan fingerprint density at radius 3 is 2.27 bits per heavy atom. The maximum absolute atomic E-state index is 7.88. The van der Waals surface area contributed by atoms with Crippen molar-refractivity contribution in [3.63, 3.8) is 0 Å². The van der Waals surface area contributed by atoms with Crippen LogP contribution in [0.4, 0.5) is 0 Å². The van der Waals surface area contributed by atoms with Gasteiger partial charge < -0.3 is 15.1 Å². The van der Waals surface area contributed by atoms with E-state index in [1.54, 1.807) is 0 Å². The van der Waals surface area contributed by atoms with E-state index in [4.69, 9.17) is 15.1 Å². The summed E-state index contributed by atoms with van der Waals surface area (Å²) in [6.45, 7) is 19.5. The van der Waals surface area contributed by atoms with E-state index in [9.17, 15) is 0 Å². The number of aromatic nitrogens is 4. The Morgan fingerprint density at radius 2 is 1.62 bits per heavy atom. The summed E-state index contributed by atoms with van der Waals surface area (Å²) in [5.74, 6) is 0.370. The van der Waals surface area contributed by atoms with Gasteiger partial charge in [0.2, 0.25) is 0 Å². The minimum absolute atomic E-state index is 0.319. The van der Waals surface area contributed by atoms with Gasteiger partial charge in [0.25, 0.3) is 0 Å². The van der Waals surface area contributed by atoms with Gasteiger partial charge >= 0.3 is 0 Å². The van der Waals surface area contributed by atoms with Crippen molar-refractivity contribution in [1.29, 1.82) is 0 Å². The van der Waals surface area contributed by atoms with Crippen LogP contribution >= 0.6 is 0 Å². The van der Waals surface area contributed by atoms with Crippen LogP contribution in [0.1, 0.15) is 90.6 Å². The number of aliphatic hydroxyl groups is 1. The van der Waals surface area contributed by atoms with Crippen molar-refractivity contribution in [2.75, 3.05) is 6.61 Å². The average Bonchev–Trinajstić information content (AvgIpc) is 3.59. The van der Waals surface area contributed by atoms with Crippen molar-refractivity contribution in [3.8, 4) is 0 Å². The molecule has 5 rings (SSSR count). The first kappa shape index (κ1) is 26.6. The SMILES string of the molecule is C=Cc1c(C)c2cc3nc(c(C)c4nc(cc5[nH]c(cc1[nH]2)c(C)c5CC)C(C)=C4)CC3C.CCCO. The molecule has 5 heterocycles. The van der Waals surface area contributed by atoms with E-state index in [0.29, 0.717) is 12.5 Å². The molecule has 2 aliphatic heterocycles. The zero-order valence-corrected chi connectivity index (χ0v) is 23.3. The third-order valence-corrected chi connectivity index (χ3v) is 7.55. The number of hydrogen-bond donors (Lipinski definition) is 3. The minimum Gasteiger partial charge on any atom is -0.396 e. The summed E-state index contributed by atoms with van der Waals surface area (Å²) in [5, 5.41) is 7.88. The Bertz CT molecular complexity index is 1530. The molecule has 0 saturated carbocycles. The van der Waals surface area contributed by atoms with Crippen LogP contribution in [0.2, 0.25) is 0 Å². The Balaban J connectivity index is 0.000000747. The van der Waals surface area contributed by atoms with E-state index in [1.165, 1.54) is 27.8 Å². The van der Waals surface area contributed by atoms with Crippen molar-refractivity contribution in [2.45, 2.75) is 73.6 Å². The molecule has 8 bridgehead atoms. The number of rotatable bonds is 3. The topological polar surface area (TPSA) is 77.6 Å². The summed E-state index contributed by atoms with van der Waals surface area (Å²) in [6, 6.07) is 6.63. The van der Waals surface area contributed by atoms with Gasteiger partial charge in [0.15, 0.2) is 0 Å². The van der Waals surface area contributed by atoms with E-state index in [0.717, 1.165) is 69.7 Å². The molecular weight excluding hydrogens is 456 g/mol. The number of aryl methyl sites for hydroxylation is 3. The second-order valence-electron chi connectivity index (χ2n) is 10.2. The molecule has 0 aromatic carbocycles. The highest BCUT2D eigenvalue weighted by Crippen LogP contribution is 2.31. The van der Waals surface area contributed by atoms with Crippen molar-refractivity contribution < 1.29 is 5.11 Å². The molecule has 1 unspecified atom stereocenters. The highest BCUT2D eigenvalue weighted by Gasteiger charge is 2.20. The lowest BCUT2D eigenvalue weighted by Gasteiger charge is -2.00. The summed E-state index contributed by atoms with van der Waals surface area (Å²) < 4.78 is 0. The number of nitrogens with one attached hydrogen (secondary N) is 2. The van der Waals surface area contributed by atoms with Gasteiger partial charge in [-0.1, -0.05) is 33.4 Å². The predicted octanol–water partition coefficient (Wildman–Crippen LogP) is 7.74. The van der Waals surface area contributed by atoms with Crippen LogP contribution in [0, 0.1) is 20.8 Å². The van der Waals surface area contributed by atoms with Crippen molar-refractivity contribution in [3.05, 3.63) is 75.4 Å². The molecular formula is C32H40N4O. The van der Waals surface area contributed by atoms with E-state index in [1.807, 2.05) is 13.0 Å². The molecule has 5 nitrogen and oxygen atoms in total. The number of aromatic amines is 2. The number of H-pyrrole nitrogens is 2. The van der Waals surface area contributed by atoms with Gasteiger partial charge in [-0.05, 0) is 99.1 Å². The second kappa shape index (κ2) is 10.9. The fourth-order valence-corrected chi connectivity index (χ4v) is 5.14. The van der Waals surface area contributed by atoms with Gasteiger partial charge in [-0.2, -0.15) is 0 Å². The molecule has 0 fully saturated rings. The number of hydrogen-bond acceptors (Lipinski definition) is 3. The molecule has 5 heteroatoms. The molecule has 1 atom stereocenters. The molecule has 194 valence electrons. The first-order valence-corrected chi connectivity index (χ1v) is 13.4. The fraction of sp³-hybridized carbons (Fsp3) is 0.375. The van der Waals surface area contributed by atoms with Crippen LogP contribution in [-0.4, -0.2) is 31.6 Å². The number of allylic oxidation sites excluding steroid dienone is 1. The first-order valence-electron chi connectivity index (χ1n) is 13.4. The van der Waals surface area contributed by atoms with Crippen molar-refractivity contribution in [1.82, 2.24) is 19.9 Å². The number of fused-ring (bicyclic) bond motifs is 8. The molecule has 3 aromatic rings. The zero-order valence-electron chi connectivity index (χ0n) is 23.3. The molecule has 0 spiro atoms. The number of aliphatic hydroxyl groups excluding tert-OH is 1. The highest BCUT2D eigenvalue weighted by molar-refractivity contribution is 5.86. The smallest absolute Gasteiger partial charge is 0.0687 e. The Kier molecular flexibility index (Phi) is 7.84. The zero-order chi connectivity index (χ0) is 26.9. The van der Waals surface area contributed by atoms with Crippen LogP contribution in [0.3, 0.4) is 0 Å². The third-order valence-electron chi connectivity index (χ3n) is 7.55. The Labute approximate surface area is 220 Å². The standard InChI is InChI=1S/C29H32N4.C3H8O/c1-8-20-18(6)27-14-29-21(9-2)17(5)26(32-29)12-22-15(3)10-24(30-22)19(7)25-11-16(4)23(31-25)13-28(20)33-27;1-2-3-4/h9,11-15,32-33H,2,8,10H2,1,3-7H3;4H,2-3H2,1H3. The summed E-state index contributed by atoms with van der Waals surface area (Å²) in [7, 11) is 0. The van der Waals surface area contributed by atoms with Crippen LogP contribution in [-0.2, 0) is 12.8 Å². The molecule has 0 aliphatic carbocycles. The molecule has 0 amide bonds. The van der Waals surface area contributed by atoms with Crippen LogP contribution in [0.5, 0.6) is 0 Å². The molecule has 0 radical (unpaired) electrons. The normalized spacial score (nSPS) is 14.7. The average molecular weight is 497 g/mol. The summed E-state index contributed by atoms with van der Waals surface area (Å²) in [5.41, 5.74) is 16.0. The quantitative estimate of drug-likeness (QED) is 0.347. The lowest BCUT2D eigenvalue weighted by Crippen LogP contribution is -1.91. The predicted molar refractivity (Wildman–Crippen MR) is 158 cm³/mol. The second-order valence-corrected chi connectivity index (χ2v) is 10.2. The molecule has 0 saturated heterocycles. The van der Waals surface area contributed by atoms with Crippen LogP contribution in [0.25, 0.3) is 39.8 Å². The van der Waals surface area contributed by atoms with Gasteiger partial charge in [-0.3, -0.25) is 4.98 Å². The van der Waals surface area contributed by atoms with Crippen molar-refractivity contribution >= 4 is 39.8 Å². The largest absolute Gasteiger partial charge is 0.396 e. The highest BCUT2D eigenvalue weighted by atomic mass is 16.2. The monoisotopic (exact) mass is 496 g/mol. The molecule has 3 aromatic heterocycles. The van der Waals surface area contributed by atoms with Gasteiger partial charge in [0.1, 0.15) is 0 Å². The summed E-state index contributed by atoms with van der Waals surface area (Å²) in [6.07, 6.45) is 6.92. The van der Waals surface area contributed by atoms with Gasteiger partial charge in [0.05, 0.1) is 11.4 Å². The summed E-state index contributed by atoms with van der Waals surface area (Å²) >= 11 is 0. The lowest BCUT2D eigenvalue weighted by atomic mass is 10.0. The van der Waals surface area contributed by atoms with E-state index in [-0.39, 0.29) is 0 Å². The minimum atomic E-state index is 0.319. The Hall–Kier alpha value is -3.44. The van der Waals surface area contributed by atoms with E-state index >= 15 is 0 Å². The first-order chi connectivity index (χ1) is 17.7. The van der Waals surface area contributed by atoms with Gasteiger partial charge in [-0.15, -0.1) is 0 Å². The number of nitrogens with zero attached hydrogens (tertiary/aromatic N) is 2. The van der Waals surface area contributed by atoms with E-state index < -0.39 is 0 Å². The van der Waals surface area contributed by atoms with Crippen molar-refractivity contribution in [2.24, 2.45) is 0 Å². The molecule has 3 N–H and O–H groups in total. The maximum Gasteiger partial charge on any atom is 0.0687 e. The van der Waals surface area contributed by atoms with Gasteiger partial charge in [0, 0.05) is 51.5 Å². The van der Waals surface area contributed by atoms with E-state index in [2.05, 4.69) is 82.4 Å². The van der Waals surface area contributed by atoms with Crippen LogP contribution in [0.15, 0.2) is 24.8 Å². The summed E-state index contributed by atoms with van der Waals surface area (Å²) in [4.78, 5) is 17.4. The molecule has 37 heavy (non-hydrogen) atoms. The van der Waals surface area contributed by atoms with Gasteiger partial charge in [-0.25, -0.2) is 4.98 Å². The Morgan fingerprint density at radius 1 is 0.946 bits per heavy atom. The maximum atomic E-state index is 7.88. The fourth-order valence-electron chi connectivity index (χ4n) is 5.14. The third kappa shape index (κ3) is 5.05. The molecule has 2 aliphatic rings. The lowest BCUT2D eigenvalue weighted by molar-refractivity contribution is 0.295. The van der Waals surface area contributed by atoms with Crippen LogP contribution < -0.4 is 0 Å².